The van der Waals surface area contributed by atoms with Gasteiger partial charge in [0.2, 0.25) is 0 Å². The van der Waals surface area contributed by atoms with Crippen molar-refractivity contribution in [2.75, 3.05) is 13.1 Å². The van der Waals surface area contributed by atoms with E-state index in [-0.39, 0.29) is 5.91 Å². The first-order chi connectivity index (χ1) is 7.10. The molecule has 1 aromatic rings. The predicted octanol–water partition coefficient (Wildman–Crippen LogP) is 2.46. The third kappa shape index (κ3) is 2.60. The molecular weight excluding hydrogens is 206 g/mol. The lowest BCUT2D eigenvalue weighted by Gasteiger charge is -2.16. The molecule has 0 fully saturated rings. The van der Waals surface area contributed by atoms with E-state index < -0.39 is 0 Å². The summed E-state index contributed by atoms with van der Waals surface area (Å²) in [5, 5.41) is 0. The van der Waals surface area contributed by atoms with Crippen LogP contribution in [0.1, 0.15) is 27.0 Å². The number of thiophene rings is 1. The summed E-state index contributed by atoms with van der Waals surface area (Å²) in [6, 6.07) is 1.93. The van der Waals surface area contributed by atoms with Gasteiger partial charge in [0.25, 0.3) is 5.91 Å². The van der Waals surface area contributed by atoms with Crippen LogP contribution in [-0.4, -0.2) is 23.9 Å². The molecule has 0 aliphatic carbocycles. The molecule has 0 N–H and O–H groups in total. The van der Waals surface area contributed by atoms with Crippen LogP contribution in [0.2, 0.25) is 0 Å². The van der Waals surface area contributed by atoms with Gasteiger partial charge in [-0.05, 0) is 32.4 Å². The number of amides is 1. The number of aryl methyl sites for hydroxylation is 2. The molecule has 3 heteroatoms. The van der Waals surface area contributed by atoms with Crippen molar-refractivity contribution in [1.29, 1.82) is 0 Å². The Morgan fingerprint density at radius 3 is 2.67 bits per heavy atom. The minimum Gasteiger partial charge on any atom is -0.327 e. The number of rotatable bonds is 3. The molecule has 0 saturated carbocycles. The molecule has 1 aromatic heterocycles. The van der Waals surface area contributed by atoms with Crippen LogP contribution in [-0.2, 0) is 0 Å². The molecule has 1 amide bonds. The molecule has 15 heavy (non-hydrogen) atoms. The molecular formula is C12H15NOS. The zero-order valence-electron chi connectivity index (χ0n) is 9.33. The third-order valence-corrected chi connectivity index (χ3v) is 3.47. The molecule has 80 valence electrons. The number of carbonyl (C=O) groups is 1. The summed E-state index contributed by atoms with van der Waals surface area (Å²) < 4.78 is 0. The Balaban J connectivity index is 2.88. The Kier molecular flexibility index (Phi) is 3.93. The monoisotopic (exact) mass is 221 g/mol. The highest BCUT2D eigenvalue weighted by atomic mass is 32.1. The van der Waals surface area contributed by atoms with Crippen molar-refractivity contribution in [2.24, 2.45) is 0 Å². The third-order valence-electron chi connectivity index (χ3n) is 2.33. The lowest BCUT2D eigenvalue weighted by molar-refractivity contribution is 0.0789. The van der Waals surface area contributed by atoms with Gasteiger partial charge in [-0.3, -0.25) is 4.79 Å². The molecule has 0 unspecified atom stereocenters. The first-order valence-corrected chi connectivity index (χ1v) is 5.71. The quantitative estimate of drug-likeness (QED) is 0.718. The Hall–Kier alpha value is -1.27. The Bertz CT molecular complexity index is 381. The topological polar surface area (TPSA) is 20.3 Å². The van der Waals surface area contributed by atoms with Crippen molar-refractivity contribution in [2.45, 2.75) is 20.8 Å². The van der Waals surface area contributed by atoms with Gasteiger partial charge in [-0.25, -0.2) is 0 Å². The maximum Gasteiger partial charge on any atom is 0.264 e. The van der Waals surface area contributed by atoms with Gasteiger partial charge in [0.1, 0.15) is 0 Å². The van der Waals surface area contributed by atoms with Crippen molar-refractivity contribution >= 4 is 17.2 Å². The molecule has 0 bridgehead atoms. The highest BCUT2D eigenvalue weighted by Crippen LogP contribution is 2.21. The first-order valence-electron chi connectivity index (χ1n) is 4.90. The van der Waals surface area contributed by atoms with Gasteiger partial charge in [-0.2, -0.15) is 0 Å². The zero-order valence-corrected chi connectivity index (χ0v) is 10.1. The van der Waals surface area contributed by atoms with Gasteiger partial charge in [0.05, 0.1) is 11.4 Å². The maximum atomic E-state index is 12.0. The van der Waals surface area contributed by atoms with E-state index in [2.05, 4.69) is 5.92 Å². The highest BCUT2D eigenvalue weighted by Gasteiger charge is 2.15. The molecule has 0 aliphatic heterocycles. The Morgan fingerprint density at radius 1 is 1.60 bits per heavy atom. The van der Waals surface area contributed by atoms with E-state index in [0.717, 1.165) is 4.88 Å². The van der Waals surface area contributed by atoms with Crippen molar-refractivity contribution in [3.05, 3.63) is 21.4 Å². The number of hydrogen-bond acceptors (Lipinski definition) is 2. The maximum absolute atomic E-state index is 12.0. The largest absolute Gasteiger partial charge is 0.327 e. The molecule has 1 heterocycles. The minimum atomic E-state index is 0.0386. The molecule has 2 nitrogen and oxygen atoms in total. The average molecular weight is 221 g/mol. The lowest BCUT2D eigenvalue weighted by Crippen LogP contribution is -2.30. The molecule has 0 atom stereocenters. The Labute approximate surface area is 94.9 Å². The van der Waals surface area contributed by atoms with E-state index >= 15 is 0 Å². The highest BCUT2D eigenvalue weighted by molar-refractivity contribution is 7.14. The van der Waals surface area contributed by atoms with Crippen LogP contribution in [0.5, 0.6) is 0 Å². The van der Waals surface area contributed by atoms with Crippen LogP contribution in [0.15, 0.2) is 6.07 Å². The van der Waals surface area contributed by atoms with Crippen molar-refractivity contribution in [3.63, 3.8) is 0 Å². The molecule has 0 saturated heterocycles. The van der Waals surface area contributed by atoms with E-state index in [1.807, 2.05) is 26.8 Å². The Morgan fingerprint density at radius 2 is 2.27 bits per heavy atom. The van der Waals surface area contributed by atoms with Crippen molar-refractivity contribution in [3.8, 4) is 12.3 Å². The molecule has 1 rings (SSSR count). The fourth-order valence-electron chi connectivity index (χ4n) is 1.27. The second kappa shape index (κ2) is 4.99. The van der Waals surface area contributed by atoms with E-state index in [4.69, 9.17) is 6.42 Å². The summed E-state index contributed by atoms with van der Waals surface area (Å²) in [5.74, 6) is 2.54. The number of terminal acetylenes is 1. The smallest absolute Gasteiger partial charge is 0.264 e. The van der Waals surface area contributed by atoms with E-state index in [1.54, 1.807) is 4.90 Å². The van der Waals surface area contributed by atoms with Crippen LogP contribution >= 0.6 is 11.3 Å². The van der Waals surface area contributed by atoms with Crippen molar-refractivity contribution < 1.29 is 4.79 Å². The summed E-state index contributed by atoms with van der Waals surface area (Å²) in [7, 11) is 0. The van der Waals surface area contributed by atoms with Gasteiger partial charge in [-0.1, -0.05) is 5.92 Å². The van der Waals surface area contributed by atoms with Crippen LogP contribution in [0.3, 0.4) is 0 Å². The summed E-state index contributed by atoms with van der Waals surface area (Å²) in [6.07, 6.45) is 5.22. The molecule has 0 radical (unpaired) electrons. The lowest BCUT2D eigenvalue weighted by atomic mass is 10.2. The van der Waals surface area contributed by atoms with Crippen LogP contribution in [0.25, 0.3) is 0 Å². The van der Waals surface area contributed by atoms with Gasteiger partial charge in [0, 0.05) is 11.4 Å². The van der Waals surface area contributed by atoms with E-state index in [9.17, 15) is 4.79 Å². The van der Waals surface area contributed by atoms with E-state index in [1.165, 1.54) is 21.8 Å². The first kappa shape index (κ1) is 11.8. The average Bonchev–Trinajstić information content (AvgIpc) is 2.55. The number of carbonyl (C=O) groups excluding carboxylic acids is 1. The molecule has 0 aliphatic rings. The minimum absolute atomic E-state index is 0.0386. The predicted molar refractivity (Wildman–Crippen MR) is 64.2 cm³/mol. The van der Waals surface area contributed by atoms with Crippen molar-refractivity contribution in [1.82, 2.24) is 4.90 Å². The fraction of sp³-hybridized carbons (Fsp3) is 0.417. The standard InChI is InChI=1S/C12H15NOS/c1-5-7-13(6-2)12(14)11-8-9(3)10(4)15-11/h1,8H,6-7H2,2-4H3. The SMILES string of the molecule is C#CCN(CC)C(=O)c1cc(C)c(C)s1. The normalized spacial score (nSPS) is 9.73. The van der Waals surface area contributed by atoms with Gasteiger partial charge in [-0.15, -0.1) is 17.8 Å². The molecule has 0 spiro atoms. The van der Waals surface area contributed by atoms with Gasteiger partial charge < -0.3 is 4.90 Å². The number of hydrogen-bond donors (Lipinski definition) is 0. The molecule has 0 aromatic carbocycles. The van der Waals surface area contributed by atoms with Crippen LogP contribution < -0.4 is 0 Å². The second-order valence-electron chi connectivity index (χ2n) is 3.37. The van der Waals surface area contributed by atoms with Gasteiger partial charge >= 0.3 is 0 Å². The number of nitrogens with zero attached hydrogens (tertiary/aromatic N) is 1. The fourth-order valence-corrected chi connectivity index (χ4v) is 2.27. The van der Waals surface area contributed by atoms with Gasteiger partial charge in [0.15, 0.2) is 0 Å². The second-order valence-corrected chi connectivity index (χ2v) is 4.63. The summed E-state index contributed by atoms with van der Waals surface area (Å²) in [4.78, 5) is 15.6. The van der Waals surface area contributed by atoms with E-state index in [0.29, 0.717) is 13.1 Å². The summed E-state index contributed by atoms with van der Waals surface area (Å²) in [5.41, 5.74) is 1.17. The van der Waals surface area contributed by atoms with Crippen LogP contribution in [0, 0.1) is 26.2 Å². The summed E-state index contributed by atoms with van der Waals surface area (Å²) in [6.45, 7) is 7.00. The zero-order chi connectivity index (χ0) is 11.4. The summed E-state index contributed by atoms with van der Waals surface area (Å²) >= 11 is 1.53. The van der Waals surface area contributed by atoms with Crippen LogP contribution in [0.4, 0.5) is 0 Å².